The summed E-state index contributed by atoms with van der Waals surface area (Å²) in [6.45, 7) is 4.45. The van der Waals surface area contributed by atoms with Gasteiger partial charge in [-0.2, -0.15) is 0 Å². The van der Waals surface area contributed by atoms with Crippen LogP contribution in [0.15, 0.2) is 49.1 Å². The minimum Gasteiger partial charge on any atom is -0.323 e. The monoisotopic (exact) mass is 255 g/mol. The molecule has 100 valence electrons. The van der Waals surface area contributed by atoms with Crippen molar-refractivity contribution in [3.63, 3.8) is 0 Å². The lowest BCUT2D eigenvalue weighted by Crippen LogP contribution is -2.25. The van der Waals surface area contributed by atoms with Crippen molar-refractivity contribution >= 4 is 0 Å². The van der Waals surface area contributed by atoms with E-state index in [0.717, 1.165) is 12.0 Å². The summed E-state index contributed by atoms with van der Waals surface area (Å²) in [6.07, 6.45) is 6.27. The Morgan fingerprint density at radius 1 is 1.05 bits per heavy atom. The van der Waals surface area contributed by atoms with Crippen LogP contribution in [0.4, 0.5) is 0 Å². The third kappa shape index (κ3) is 3.18. The van der Waals surface area contributed by atoms with Crippen LogP contribution in [0.25, 0.3) is 0 Å². The molecule has 3 atom stereocenters. The van der Waals surface area contributed by atoms with Crippen LogP contribution in [-0.2, 0) is 0 Å². The molecular weight excluding hydrogens is 234 g/mol. The molecule has 1 aromatic heterocycles. The molecule has 1 heterocycles. The molecule has 0 saturated carbocycles. The number of nitrogens with zero attached hydrogens (tertiary/aromatic N) is 2. The van der Waals surface area contributed by atoms with Crippen LogP contribution in [0.2, 0.25) is 0 Å². The van der Waals surface area contributed by atoms with Gasteiger partial charge in [-0.3, -0.25) is 0 Å². The average molecular weight is 255 g/mol. The fourth-order valence-corrected chi connectivity index (χ4v) is 2.51. The maximum atomic E-state index is 6.47. The van der Waals surface area contributed by atoms with Crippen molar-refractivity contribution in [2.24, 2.45) is 11.7 Å². The molecule has 3 unspecified atom stereocenters. The molecule has 3 heteroatoms. The van der Waals surface area contributed by atoms with Gasteiger partial charge in [-0.25, -0.2) is 9.97 Å². The van der Waals surface area contributed by atoms with Crippen LogP contribution in [0.1, 0.15) is 43.4 Å². The van der Waals surface area contributed by atoms with Gasteiger partial charge in [0.05, 0.1) is 0 Å². The van der Waals surface area contributed by atoms with Crippen LogP contribution < -0.4 is 5.73 Å². The number of benzene rings is 1. The normalized spacial score (nSPS) is 15.7. The second-order valence-electron chi connectivity index (χ2n) is 5.02. The van der Waals surface area contributed by atoms with E-state index in [9.17, 15) is 0 Å². The third-order valence-corrected chi connectivity index (χ3v) is 3.79. The molecule has 0 spiro atoms. The summed E-state index contributed by atoms with van der Waals surface area (Å²) >= 11 is 0. The molecule has 0 aliphatic carbocycles. The molecular formula is C16H21N3. The smallest absolute Gasteiger partial charge is 0.115 e. The fourth-order valence-electron chi connectivity index (χ4n) is 2.51. The predicted octanol–water partition coefficient (Wildman–Crippen LogP) is 3.31. The van der Waals surface area contributed by atoms with Gasteiger partial charge in [-0.1, -0.05) is 50.6 Å². The van der Waals surface area contributed by atoms with Gasteiger partial charge in [-0.05, 0) is 11.5 Å². The highest BCUT2D eigenvalue weighted by atomic mass is 14.8. The second-order valence-corrected chi connectivity index (χ2v) is 5.02. The Kier molecular flexibility index (Phi) is 4.63. The van der Waals surface area contributed by atoms with E-state index in [1.807, 2.05) is 18.5 Å². The van der Waals surface area contributed by atoms with Gasteiger partial charge in [0.25, 0.3) is 0 Å². The van der Waals surface area contributed by atoms with Crippen LogP contribution in [-0.4, -0.2) is 9.97 Å². The summed E-state index contributed by atoms with van der Waals surface area (Å²) in [7, 11) is 0. The molecule has 0 aliphatic heterocycles. The van der Waals surface area contributed by atoms with Crippen molar-refractivity contribution in [1.82, 2.24) is 9.97 Å². The quantitative estimate of drug-likeness (QED) is 0.891. The first-order valence-electron chi connectivity index (χ1n) is 6.79. The molecule has 2 aromatic rings. The highest BCUT2D eigenvalue weighted by Crippen LogP contribution is 2.36. The summed E-state index contributed by atoms with van der Waals surface area (Å²) in [5.41, 5.74) is 8.75. The first-order chi connectivity index (χ1) is 9.24. The van der Waals surface area contributed by atoms with Gasteiger partial charge in [0.2, 0.25) is 0 Å². The molecule has 0 radical (unpaired) electrons. The van der Waals surface area contributed by atoms with E-state index < -0.39 is 0 Å². The van der Waals surface area contributed by atoms with E-state index in [1.54, 1.807) is 0 Å². The van der Waals surface area contributed by atoms with E-state index >= 15 is 0 Å². The number of hydrogen-bond donors (Lipinski definition) is 1. The van der Waals surface area contributed by atoms with Crippen molar-refractivity contribution in [1.29, 1.82) is 0 Å². The Labute approximate surface area is 114 Å². The van der Waals surface area contributed by atoms with E-state index in [4.69, 9.17) is 5.73 Å². The zero-order chi connectivity index (χ0) is 13.7. The molecule has 0 fully saturated rings. The highest BCUT2D eigenvalue weighted by molar-refractivity contribution is 5.26. The molecule has 0 amide bonds. The lowest BCUT2D eigenvalue weighted by atomic mass is 9.78. The molecule has 2 N–H and O–H groups in total. The third-order valence-electron chi connectivity index (χ3n) is 3.79. The van der Waals surface area contributed by atoms with Gasteiger partial charge in [0.15, 0.2) is 0 Å². The zero-order valence-corrected chi connectivity index (χ0v) is 11.5. The summed E-state index contributed by atoms with van der Waals surface area (Å²) in [5, 5.41) is 0. The first-order valence-corrected chi connectivity index (χ1v) is 6.79. The van der Waals surface area contributed by atoms with Crippen molar-refractivity contribution < 1.29 is 0 Å². The zero-order valence-electron chi connectivity index (χ0n) is 11.5. The Morgan fingerprint density at radius 2 is 1.68 bits per heavy atom. The molecule has 0 saturated heterocycles. The Hall–Kier alpha value is -1.74. The van der Waals surface area contributed by atoms with Gasteiger partial charge < -0.3 is 5.73 Å². The lowest BCUT2D eigenvalue weighted by molar-refractivity contribution is 0.387. The topological polar surface area (TPSA) is 51.8 Å². The van der Waals surface area contributed by atoms with Gasteiger partial charge in [0.1, 0.15) is 6.33 Å². The summed E-state index contributed by atoms with van der Waals surface area (Å²) in [4.78, 5) is 8.15. The average Bonchev–Trinajstić information content (AvgIpc) is 2.49. The Balaban J connectivity index is 2.34. The highest BCUT2D eigenvalue weighted by Gasteiger charge is 2.26. The summed E-state index contributed by atoms with van der Waals surface area (Å²) in [6, 6.07) is 10.4. The Morgan fingerprint density at radius 3 is 2.26 bits per heavy atom. The molecule has 19 heavy (non-hydrogen) atoms. The first kappa shape index (κ1) is 13.7. The van der Waals surface area contributed by atoms with E-state index in [2.05, 4.69) is 48.1 Å². The predicted molar refractivity (Wildman–Crippen MR) is 77.6 cm³/mol. The van der Waals surface area contributed by atoms with E-state index in [1.165, 1.54) is 11.9 Å². The van der Waals surface area contributed by atoms with Crippen LogP contribution in [0.3, 0.4) is 0 Å². The van der Waals surface area contributed by atoms with Crippen LogP contribution in [0, 0.1) is 5.92 Å². The second kappa shape index (κ2) is 6.43. The van der Waals surface area contributed by atoms with Gasteiger partial charge in [0, 0.05) is 29.9 Å². The van der Waals surface area contributed by atoms with Gasteiger partial charge in [-0.15, -0.1) is 0 Å². The van der Waals surface area contributed by atoms with Crippen molar-refractivity contribution in [3.05, 3.63) is 60.2 Å². The van der Waals surface area contributed by atoms with E-state index in [-0.39, 0.29) is 12.0 Å². The molecule has 0 aliphatic rings. The van der Waals surface area contributed by atoms with Crippen molar-refractivity contribution in [3.8, 4) is 0 Å². The largest absolute Gasteiger partial charge is 0.323 e. The fraction of sp³-hybridized carbons (Fsp3) is 0.375. The van der Waals surface area contributed by atoms with Crippen LogP contribution in [0.5, 0.6) is 0 Å². The molecule has 3 nitrogen and oxygen atoms in total. The lowest BCUT2D eigenvalue weighted by Gasteiger charge is -2.29. The maximum Gasteiger partial charge on any atom is 0.115 e. The minimum absolute atomic E-state index is 0.0708. The number of rotatable bonds is 5. The minimum atomic E-state index is -0.0708. The van der Waals surface area contributed by atoms with Crippen molar-refractivity contribution in [2.75, 3.05) is 0 Å². The summed E-state index contributed by atoms with van der Waals surface area (Å²) in [5.74, 6) is 0.801. The number of aromatic nitrogens is 2. The van der Waals surface area contributed by atoms with Crippen LogP contribution >= 0.6 is 0 Å². The van der Waals surface area contributed by atoms with Crippen molar-refractivity contribution in [2.45, 2.75) is 32.2 Å². The number of hydrogen-bond acceptors (Lipinski definition) is 3. The number of nitrogens with two attached hydrogens (primary N) is 1. The molecule has 1 aromatic carbocycles. The van der Waals surface area contributed by atoms with Gasteiger partial charge >= 0.3 is 0 Å². The molecule has 2 rings (SSSR count). The standard InChI is InChI=1S/C16H21N3/c1-3-12(2)15(13-7-5-4-6-8-13)16(17)14-9-18-11-19-10-14/h4-12,15-16H,3,17H2,1-2H3. The van der Waals surface area contributed by atoms with E-state index in [0.29, 0.717) is 5.92 Å². The molecule has 0 bridgehead atoms. The Bertz CT molecular complexity index is 484. The maximum absolute atomic E-state index is 6.47. The summed E-state index contributed by atoms with van der Waals surface area (Å²) < 4.78 is 0. The SMILES string of the molecule is CCC(C)C(c1ccccc1)C(N)c1cncnc1.